The number of nitrogens with zero attached hydrogens (tertiary/aromatic N) is 1. The molecule has 104 valence electrons. The normalized spacial score (nSPS) is 44.3. The maximum Gasteiger partial charge on any atom is 0.226 e. The predicted molar refractivity (Wildman–Crippen MR) is 71.3 cm³/mol. The van der Waals surface area contributed by atoms with Gasteiger partial charge in [-0.1, -0.05) is 0 Å². The molecule has 3 nitrogen and oxygen atoms in total. The lowest BCUT2D eigenvalue weighted by atomic mass is 9.92. The van der Waals surface area contributed by atoms with Crippen molar-refractivity contribution in [1.29, 1.82) is 0 Å². The molecular weight excluding hydrogens is 238 g/mol. The molecule has 0 aromatic rings. The number of rotatable bonds is 2. The van der Waals surface area contributed by atoms with Gasteiger partial charge in [-0.2, -0.15) is 0 Å². The van der Waals surface area contributed by atoms with Crippen molar-refractivity contribution in [3.8, 4) is 0 Å². The van der Waals surface area contributed by atoms with Gasteiger partial charge in [-0.05, 0) is 55.8 Å². The number of amides is 1. The molecule has 0 radical (unpaired) electrons. The summed E-state index contributed by atoms with van der Waals surface area (Å²) in [6, 6.07) is 0.323. The van der Waals surface area contributed by atoms with E-state index < -0.39 is 0 Å². The molecule has 4 aliphatic rings. The zero-order chi connectivity index (χ0) is 13.1. The van der Waals surface area contributed by atoms with E-state index in [1.807, 2.05) is 11.9 Å². The average molecular weight is 261 g/mol. The van der Waals surface area contributed by atoms with Crippen LogP contribution in [0.5, 0.6) is 0 Å². The molecule has 0 spiro atoms. The van der Waals surface area contributed by atoms with Crippen molar-refractivity contribution in [1.82, 2.24) is 4.90 Å². The lowest BCUT2D eigenvalue weighted by Gasteiger charge is -2.31. The van der Waals surface area contributed by atoms with Gasteiger partial charge in [0.25, 0.3) is 0 Å². The summed E-state index contributed by atoms with van der Waals surface area (Å²) >= 11 is 0. The van der Waals surface area contributed by atoms with E-state index in [1.165, 1.54) is 19.3 Å². The Morgan fingerprint density at radius 2 is 1.63 bits per heavy atom. The summed E-state index contributed by atoms with van der Waals surface area (Å²) in [6.45, 7) is 0. The largest absolute Gasteiger partial charge is 0.342 e. The van der Waals surface area contributed by atoms with Gasteiger partial charge < -0.3 is 4.90 Å². The molecule has 4 atom stereocenters. The highest BCUT2D eigenvalue weighted by Crippen LogP contribution is 2.69. The van der Waals surface area contributed by atoms with Crippen molar-refractivity contribution in [2.75, 3.05) is 7.05 Å². The summed E-state index contributed by atoms with van der Waals surface area (Å²) in [4.78, 5) is 26.0. The van der Waals surface area contributed by atoms with Gasteiger partial charge in [-0.3, -0.25) is 9.59 Å². The van der Waals surface area contributed by atoms with E-state index in [-0.39, 0.29) is 0 Å². The summed E-state index contributed by atoms with van der Waals surface area (Å²) in [5, 5.41) is 0. The Bertz CT molecular complexity index is 406. The molecule has 19 heavy (non-hydrogen) atoms. The van der Waals surface area contributed by atoms with E-state index in [0.29, 0.717) is 36.5 Å². The van der Waals surface area contributed by atoms with Crippen LogP contribution in [0.1, 0.15) is 44.9 Å². The molecule has 1 amide bonds. The van der Waals surface area contributed by atoms with Crippen LogP contribution in [0.25, 0.3) is 0 Å². The first-order chi connectivity index (χ1) is 9.16. The Morgan fingerprint density at radius 3 is 2.21 bits per heavy atom. The van der Waals surface area contributed by atoms with Crippen molar-refractivity contribution in [3.05, 3.63) is 0 Å². The van der Waals surface area contributed by atoms with Crippen LogP contribution in [0.2, 0.25) is 0 Å². The highest BCUT2D eigenvalue weighted by atomic mass is 16.2. The number of hydrogen-bond acceptors (Lipinski definition) is 2. The van der Waals surface area contributed by atoms with Crippen LogP contribution in [-0.2, 0) is 9.59 Å². The fraction of sp³-hybridized carbons (Fsp3) is 0.875. The third-order valence-corrected chi connectivity index (χ3v) is 6.43. The van der Waals surface area contributed by atoms with Gasteiger partial charge >= 0.3 is 0 Å². The van der Waals surface area contributed by atoms with Crippen LogP contribution in [0, 0.1) is 29.6 Å². The standard InChI is InChI=1S/C16H23NO2/c1-17(11-4-6-12(18)7-5-11)16(19)15-13-9-2-3-10(8-9)14(13)15/h9-11,13-15H,2-8H2,1H3. The third kappa shape index (κ3) is 1.70. The first kappa shape index (κ1) is 11.9. The molecule has 4 rings (SSSR count). The number of carbonyl (C=O) groups excluding carboxylic acids is 2. The zero-order valence-corrected chi connectivity index (χ0v) is 11.7. The Kier molecular flexibility index (Phi) is 2.55. The Labute approximate surface area is 114 Å². The van der Waals surface area contributed by atoms with Crippen LogP contribution in [0.15, 0.2) is 0 Å². The molecule has 4 saturated carbocycles. The van der Waals surface area contributed by atoms with Gasteiger partial charge in [0.05, 0.1) is 0 Å². The van der Waals surface area contributed by atoms with Crippen LogP contribution in [0.4, 0.5) is 0 Å². The van der Waals surface area contributed by atoms with Crippen molar-refractivity contribution in [2.24, 2.45) is 29.6 Å². The number of ketones is 1. The van der Waals surface area contributed by atoms with E-state index in [9.17, 15) is 9.59 Å². The Morgan fingerprint density at radius 1 is 1.05 bits per heavy atom. The van der Waals surface area contributed by atoms with Gasteiger partial charge in [0.2, 0.25) is 5.91 Å². The number of carbonyl (C=O) groups is 2. The van der Waals surface area contributed by atoms with Crippen LogP contribution in [0.3, 0.4) is 0 Å². The lowest BCUT2D eigenvalue weighted by molar-refractivity contribution is -0.136. The lowest BCUT2D eigenvalue weighted by Crippen LogP contribution is -2.41. The number of Topliss-reactive ketones (excluding diaryl/α,β-unsaturated/α-hetero) is 1. The fourth-order valence-corrected chi connectivity index (χ4v) is 5.38. The molecule has 3 heteroatoms. The molecule has 4 aliphatic carbocycles. The maximum absolute atomic E-state index is 12.7. The summed E-state index contributed by atoms with van der Waals surface area (Å²) in [6.07, 6.45) is 7.26. The highest BCUT2D eigenvalue weighted by Gasteiger charge is 2.67. The van der Waals surface area contributed by atoms with Crippen molar-refractivity contribution in [3.63, 3.8) is 0 Å². The Hall–Kier alpha value is -0.860. The molecule has 2 bridgehead atoms. The van der Waals surface area contributed by atoms with E-state index in [1.54, 1.807) is 0 Å². The van der Waals surface area contributed by atoms with E-state index in [2.05, 4.69) is 0 Å². The second-order valence-corrected chi connectivity index (χ2v) is 7.23. The fourth-order valence-electron chi connectivity index (χ4n) is 5.38. The van der Waals surface area contributed by atoms with E-state index >= 15 is 0 Å². The number of fused-ring (bicyclic) bond motifs is 5. The molecule has 0 saturated heterocycles. The SMILES string of the molecule is CN(C(=O)C1C2C3CCC(C3)C12)C1CCC(=O)CC1. The first-order valence-electron chi connectivity index (χ1n) is 7.95. The molecule has 0 aromatic carbocycles. The predicted octanol–water partition coefficient (Wildman–Crippen LogP) is 2.25. The van der Waals surface area contributed by atoms with E-state index in [4.69, 9.17) is 0 Å². The second-order valence-electron chi connectivity index (χ2n) is 7.23. The van der Waals surface area contributed by atoms with Crippen LogP contribution in [-0.4, -0.2) is 29.7 Å². The smallest absolute Gasteiger partial charge is 0.226 e. The molecule has 0 heterocycles. The zero-order valence-electron chi connectivity index (χ0n) is 11.7. The topological polar surface area (TPSA) is 37.4 Å². The van der Waals surface area contributed by atoms with Crippen LogP contribution >= 0.6 is 0 Å². The van der Waals surface area contributed by atoms with Gasteiger partial charge in [-0.15, -0.1) is 0 Å². The Balaban J connectivity index is 1.40. The quantitative estimate of drug-likeness (QED) is 0.764. The van der Waals surface area contributed by atoms with Crippen molar-refractivity contribution >= 4 is 11.7 Å². The maximum atomic E-state index is 12.7. The molecule has 0 aromatic heterocycles. The van der Waals surface area contributed by atoms with Gasteiger partial charge in [-0.25, -0.2) is 0 Å². The summed E-state index contributed by atoms with van der Waals surface area (Å²) < 4.78 is 0. The monoisotopic (exact) mass is 261 g/mol. The minimum atomic E-state index is 0.323. The average Bonchev–Trinajstić information content (AvgIpc) is 2.85. The minimum absolute atomic E-state index is 0.323. The number of hydrogen-bond donors (Lipinski definition) is 0. The van der Waals surface area contributed by atoms with Crippen molar-refractivity contribution in [2.45, 2.75) is 51.0 Å². The molecule has 4 unspecified atom stereocenters. The molecule has 0 aliphatic heterocycles. The van der Waals surface area contributed by atoms with Crippen LogP contribution < -0.4 is 0 Å². The minimum Gasteiger partial charge on any atom is -0.342 e. The van der Waals surface area contributed by atoms with Gasteiger partial charge in [0, 0.05) is 31.8 Å². The molecular formula is C16H23NO2. The van der Waals surface area contributed by atoms with Gasteiger partial charge in [0.15, 0.2) is 0 Å². The first-order valence-corrected chi connectivity index (χ1v) is 7.95. The van der Waals surface area contributed by atoms with E-state index in [0.717, 1.165) is 36.5 Å². The van der Waals surface area contributed by atoms with Crippen molar-refractivity contribution < 1.29 is 9.59 Å². The summed E-state index contributed by atoms with van der Waals surface area (Å²) in [5.74, 6) is 4.33. The summed E-state index contributed by atoms with van der Waals surface area (Å²) in [5.41, 5.74) is 0. The van der Waals surface area contributed by atoms with Gasteiger partial charge in [0.1, 0.15) is 5.78 Å². The molecule has 0 N–H and O–H groups in total. The molecule has 4 fully saturated rings. The summed E-state index contributed by atoms with van der Waals surface area (Å²) in [7, 11) is 1.97. The second kappa shape index (κ2) is 4.07. The highest BCUT2D eigenvalue weighted by molar-refractivity contribution is 5.84. The third-order valence-electron chi connectivity index (χ3n) is 6.43.